The summed E-state index contributed by atoms with van der Waals surface area (Å²) in [6, 6.07) is 0. The maximum atomic E-state index is 12.5. The van der Waals surface area contributed by atoms with Crippen molar-refractivity contribution in [2.24, 2.45) is 11.8 Å². The Kier molecular flexibility index (Phi) is 5.39. The molecule has 1 aliphatic carbocycles. The van der Waals surface area contributed by atoms with Gasteiger partial charge < -0.3 is 10.4 Å². The van der Waals surface area contributed by atoms with Crippen molar-refractivity contribution in [3.05, 3.63) is 29.8 Å². The monoisotopic (exact) mass is 359 g/mol. The van der Waals surface area contributed by atoms with Crippen molar-refractivity contribution < 1.29 is 14.7 Å². The first kappa shape index (κ1) is 18.2. The molecule has 8 nitrogen and oxygen atoms in total. The van der Waals surface area contributed by atoms with Crippen LogP contribution in [0.15, 0.2) is 18.6 Å². The second-order valence-corrected chi connectivity index (χ2v) is 6.82. The van der Waals surface area contributed by atoms with Gasteiger partial charge in [-0.15, -0.1) is 0 Å². The van der Waals surface area contributed by atoms with E-state index in [-0.39, 0.29) is 5.91 Å². The molecule has 2 aromatic heterocycles. The van der Waals surface area contributed by atoms with Gasteiger partial charge in [0, 0.05) is 24.0 Å². The zero-order chi connectivity index (χ0) is 18.7. The summed E-state index contributed by atoms with van der Waals surface area (Å²) in [5.41, 5.74) is 2.76. The molecule has 1 amide bonds. The largest absolute Gasteiger partial charge is 0.481 e. The molecule has 2 atom stereocenters. The minimum absolute atomic E-state index is 0.230. The van der Waals surface area contributed by atoms with E-state index in [1.807, 2.05) is 24.7 Å². The number of hydrogen-bond acceptors (Lipinski definition) is 4. The summed E-state index contributed by atoms with van der Waals surface area (Å²) in [7, 11) is 0. The van der Waals surface area contributed by atoms with Gasteiger partial charge in [-0.2, -0.15) is 10.2 Å². The normalized spacial score (nSPS) is 20.1. The fourth-order valence-electron chi connectivity index (χ4n) is 3.62. The van der Waals surface area contributed by atoms with Crippen LogP contribution in [-0.2, 0) is 22.7 Å². The van der Waals surface area contributed by atoms with Crippen LogP contribution in [-0.4, -0.2) is 36.5 Å². The highest BCUT2D eigenvalue weighted by molar-refractivity contribution is 5.95. The lowest BCUT2D eigenvalue weighted by molar-refractivity contribution is -0.147. The minimum atomic E-state index is -0.885. The third-order valence-corrected chi connectivity index (χ3v) is 5.16. The number of amides is 1. The summed E-state index contributed by atoms with van der Waals surface area (Å²) >= 11 is 0. The van der Waals surface area contributed by atoms with Crippen LogP contribution in [0.4, 0.5) is 5.69 Å². The topological polar surface area (TPSA) is 102 Å². The fourth-order valence-corrected chi connectivity index (χ4v) is 3.62. The van der Waals surface area contributed by atoms with Crippen molar-refractivity contribution in [3.63, 3.8) is 0 Å². The van der Waals surface area contributed by atoms with Crippen molar-refractivity contribution >= 4 is 17.6 Å². The quantitative estimate of drug-likeness (QED) is 0.824. The molecule has 0 spiro atoms. The third-order valence-electron chi connectivity index (χ3n) is 5.16. The lowest BCUT2D eigenvalue weighted by atomic mass is 9.78. The van der Waals surface area contributed by atoms with E-state index in [9.17, 15) is 14.7 Å². The van der Waals surface area contributed by atoms with Gasteiger partial charge in [-0.3, -0.25) is 19.0 Å². The van der Waals surface area contributed by atoms with Crippen LogP contribution in [0, 0.1) is 18.8 Å². The number of aromatic nitrogens is 4. The van der Waals surface area contributed by atoms with Crippen molar-refractivity contribution in [2.45, 2.75) is 52.6 Å². The van der Waals surface area contributed by atoms with E-state index in [2.05, 4.69) is 15.5 Å². The fraction of sp³-hybridized carbons (Fsp3) is 0.556. The predicted molar refractivity (Wildman–Crippen MR) is 95.7 cm³/mol. The van der Waals surface area contributed by atoms with Gasteiger partial charge in [-0.05, 0) is 26.7 Å². The first-order valence-electron chi connectivity index (χ1n) is 9.07. The van der Waals surface area contributed by atoms with E-state index in [4.69, 9.17) is 0 Å². The molecule has 2 heterocycles. The highest BCUT2D eigenvalue weighted by Gasteiger charge is 2.35. The van der Waals surface area contributed by atoms with Gasteiger partial charge in [-0.1, -0.05) is 12.8 Å². The summed E-state index contributed by atoms with van der Waals surface area (Å²) in [6.07, 6.45) is 8.12. The highest BCUT2D eigenvalue weighted by atomic mass is 16.4. The molecule has 2 N–H and O–H groups in total. The van der Waals surface area contributed by atoms with E-state index in [1.54, 1.807) is 17.1 Å². The molecule has 0 unspecified atom stereocenters. The molecular weight excluding hydrogens is 334 g/mol. The summed E-state index contributed by atoms with van der Waals surface area (Å²) < 4.78 is 3.67. The van der Waals surface area contributed by atoms with E-state index in [1.165, 1.54) is 0 Å². The molecule has 8 heteroatoms. The number of aliphatic carboxylic acids is 1. The van der Waals surface area contributed by atoms with Crippen molar-refractivity contribution in [1.29, 1.82) is 0 Å². The molecule has 3 rings (SSSR count). The Bertz CT molecular complexity index is 795. The van der Waals surface area contributed by atoms with Crippen LogP contribution >= 0.6 is 0 Å². The first-order chi connectivity index (χ1) is 12.5. The number of anilines is 1. The van der Waals surface area contributed by atoms with E-state index in [0.29, 0.717) is 25.1 Å². The van der Waals surface area contributed by atoms with Crippen LogP contribution < -0.4 is 5.32 Å². The molecule has 0 aliphatic heterocycles. The Balaban J connectivity index is 1.65. The van der Waals surface area contributed by atoms with Gasteiger partial charge >= 0.3 is 5.97 Å². The molecule has 2 aromatic rings. The van der Waals surface area contributed by atoms with Gasteiger partial charge in [0.25, 0.3) is 0 Å². The Labute approximate surface area is 152 Å². The molecule has 0 radical (unpaired) electrons. The zero-order valence-electron chi connectivity index (χ0n) is 15.2. The number of carbonyl (C=O) groups excluding carboxylic acids is 1. The lowest BCUT2D eigenvalue weighted by Crippen LogP contribution is -2.35. The number of nitrogens with one attached hydrogen (secondary N) is 1. The Hall–Kier alpha value is -2.64. The number of aryl methyl sites for hydroxylation is 1. The first-order valence-corrected chi connectivity index (χ1v) is 9.07. The molecule has 1 fully saturated rings. The summed E-state index contributed by atoms with van der Waals surface area (Å²) in [4.78, 5) is 23.9. The number of rotatable bonds is 6. The molecular formula is C18H25N5O3. The van der Waals surface area contributed by atoms with Crippen LogP contribution in [0.5, 0.6) is 0 Å². The van der Waals surface area contributed by atoms with Gasteiger partial charge in [-0.25, -0.2) is 0 Å². The van der Waals surface area contributed by atoms with Crippen molar-refractivity contribution in [2.75, 3.05) is 5.32 Å². The lowest BCUT2D eigenvalue weighted by Gasteiger charge is -2.27. The van der Waals surface area contributed by atoms with Gasteiger partial charge in [0.15, 0.2) is 0 Å². The Morgan fingerprint density at radius 3 is 2.62 bits per heavy atom. The molecule has 0 aromatic carbocycles. The number of nitrogens with zero attached hydrogens (tertiary/aromatic N) is 4. The molecule has 0 bridgehead atoms. The average Bonchev–Trinajstić information content (AvgIpc) is 3.22. The molecule has 140 valence electrons. The molecule has 1 saturated carbocycles. The van der Waals surface area contributed by atoms with Gasteiger partial charge in [0.05, 0.1) is 36.5 Å². The number of carboxylic acids is 1. The smallest absolute Gasteiger partial charge is 0.307 e. The second kappa shape index (κ2) is 7.72. The molecule has 0 saturated heterocycles. The number of hydrogen-bond donors (Lipinski definition) is 2. The Morgan fingerprint density at radius 1 is 1.23 bits per heavy atom. The van der Waals surface area contributed by atoms with Crippen LogP contribution in [0.1, 0.15) is 43.9 Å². The third kappa shape index (κ3) is 3.79. The van der Waals surface area contributed by atoms with Gasteiger partial charge in [0.2, 0.25) is 5.91 Å². The van der Waals surface area contributed by atoms with Crippen molar-refractivity contribution in [1.82, 2.24) is 19.6 Å². The molecule has 1 aliphatic rings. The maximum Gasteiger partial charge on any atom is 0.307 e. The van der Waals surface area contributed by atoms with Crippen molar-refractivity contribution in [3.8, 4) is 0 Å². The van der Waals surface area contributed by atoms with E-state index >= 15 is 0 Å². The highest BCUT2D eigenvalue weighted by Crippen LogP contribution is 2.31. The molecule has 26 heavy (non-hydrogen) atoms. The van der Waals surface area contributed by atoms with E-state index in [0.717, 1.165) is 30.6 Å². The number of carboxylic acid groups (broad SMARTS) is 1. The average molecular weight is 359 g/mol. The Morgan fingerprint density at radius 2 is 1.96 bits per heavy atom. The second-order valence-electron chi connectivity index (χ2n) is 6.82. The standard InChI is InChI=1S/C18H25N5O3/c1-3-23-12(2)13(8-20-23)10-22-11-14(9-19-22)21-17(24)15-6-4-5-7-16(15)18(25)26/h8-9,11,15-16H,3-7,10H2,1-2H3,(H,21,24)(H,25,26)/t15-,16-/m1/s1. The van der Waals surface area contributed by atoms with Crippen LogP contribution in [0.3, 0.4) is 0 Å². The predicted octanol–water partition coefficient (Wildman–Crippen LogP) is 2.29. The zero-order valence-corrected chi connectivity index (χ0v) is 15.2. The number of carbonyl (C=O) groups is 2. The summed E-state index contributed by atoms with van der Waals surface area (Å²) in [5, 5.41) is 20.8. The van der Waals surface area contributed by atoms with E-state index < -0.39 is 17.8 Å². The van der Waals surface area contributed by atoms with Gasteiger partial charge in [0.1, 0.15) is 0 Å². The minimum Gasteiger partial charge on any atom is -0.481 e. The van der Waals surface area contributed by atoms with Crippen LogP contribution in [0.2, 0.25) is 0 Å². The summed E-state index contributed by atoms with van der Waals surface area (Å²) in [5.74, 6) is -2.19. The SMILES string of the molecule is CCn1ncc(Cn2cc(NC(=O)[C@@H]3CCCC[C@H]3C(=O)O)cn2)c1C. The maximum absolute atomic E-state index is 12.5. The van der Waals surface area contributed by atoms with Crippen LogP contribution in [0.25, 0.3) is 0 Å². The summed E-state index contributed by atoms with van der Waals surface area (Å²) in [6.45, 7) is 5.45.